The summed E-state index contributed by atoms with van der Waals surface area (Å²) in [5.74, 6) is 0. The van der Waals surface area contributed by atoms with Crippen molar-refractivity contribution in [1.29, 1.82) is 5.26 Å². The number of nitriles is 1. The molecule has 0 saturated carbocycles. The summed E-state index contributed by atoms with van der Waals surface area (Å²) in [5, 5.41) is 12.3. The monoisotopic (exact) mass is 224 g/mol. The second-order valence-corrected chi connectivity index (χ2v) is 3.59. The zero-order chi connectivity index (χ0) is 11.9. The first-order valence-corrected chi connectivity index (χ1v) is 5.32. The van der Waals surface area contributed by atoms with E-state index < -0.39 is 0 Å². The Morgan fingerprint density at radius 1 is 1.18 bits per heavy atom. The summed E-state index contributed by atoms with van der Waals surface area (Å²) in [4.78, 5) is 8.03. The minimum absolute atomic E-state index is 0.344. The molecule has 1 atom stereocenters. The zero-order valence-corrected chi connectivity index (χ0v) is 9.24. The summed E-state index contributed by atoms with van der Waals surface area (Å²) in [6.07, 6.45) is 6.90. The number of hydrogen-bond acceptors (Lipinski definition) is 4. The van der Waals surface area contributed by atoms with Gasteiger partial charge < -0.3 is 0 Å². The Morgan fingerprint density at radius 3 is 2.53 bits per heavy atom. The maximum Gasteiger partial charge on any atom is 0.123 e. The van der Waals surface area contributed by atoms with Gasteiger partial charge >= 0.3 is 0 Å². The Morgan fingerprint density at radius 2 is 1.94 bits per heavy atom. The van der Waals surface area contributed by atoms with Crippen molar-refractivity contribution >= 4 is 0 Å². The molecule has 1 N–H and O–H groups in total. The molecule has 0 fully saturated rings. The van der Waals surface area contributed by atoms with Crippen LogP contribution in [0.1, 0.15) is 17.2 Å². The van der Waals surface area contributed by atoms with E-state index in [1.54, 1.807) is 24.8 Å². The largest absolute Gasteiger partial charge is 0.294 e. The predicted molar refractivity (Wildman–Crippen MR) is 63.7 cm³/mol. The summed E-state index contributed by atoms with van der Waals surface area (Å²) in [5.41, 5.74) is 1.93. The minimum Gasteiger partial charge on any atom is -0.294 e. The van der Waals surface area contributed by atoms with Crippen LogP contribution < -0.4 is 5.32 Å². The summed E-state index contributed by atoms with van der Waals surface area (Å²) < 4.78 is 0. The molecule has 2 rings (SSSR count). The van der Waals surface area contributed by atoms with Crippen LogP contribution in [-0.4, -0.2) is 9.97 Å². The number of rotatable bonds is 4. The van der Waals surface area contributed by atoms with E-state index in [1.165, 1.54) is 0 Å². The third-order valence-corrected chi connectivity index (χ3v) is 2.38. The van der Waals surface area contributed by atoms with Crippen LogP contribution in [0.3, 0.4) is 0 Å². The van der Waals surface area contributed by atoms with Crippen molar-refractivity contribution in [3.63, 3.8) is 0 Å². The molecule has 0 radical (unpaired) electrons. The molecule has 0 aliphatic carbocycles. The van der Waals surface area contributed by atoms with E-state index in [1.807, 2.05) is 24.3 Å². The van der Waals surface area contributed by atoms with Gasteiger partial charge in [0.25, 0.3) is 0 Å². The highest BCUT2D eigenvalue weighted by molar-refractivity contribution is 5.20. The molecule has 0 aromatic carbocycles. The van der Waals surface area contributed by atoms with E-state index >= 15 is 0 Å². The van der Waals surface area contributed by atoms with Gasteiger partial charge in [-0.2, -0.15) is 5.26 Å². The number of nitrogens with zero attached hydrogens (tertiary/aromatic N) is 3. The standard InChI is InChI=1S/C13H12N4/c14-7-13(12-4-2-6-16-10-12)17-9-11-3-1-5-15-8-11/h1-6,8,10,13,17H,9H2. The second kappa shape index (κ2) is 5.73. The van der Waals surface area contributed by atoms with Crippen LogP contribution in [-0.2, 0) is 6.54 Å². The molecule has 0 spiro atoms. The Kier molecular flexibility index (Phi) is 3.79. The average Bonchev–Trinajstić information content (AvgIpc) is 2.42. The third-order valence-electron chi connectivity index (χ3n) is 2.38. The molecule has 4 nitrogen and oxygen atoms in total. The molecule has 2 heterocycles. The van der Waals surface area contributed by atoms with Gasteiger partial charge in [0, 0.05) is 36.9 Å². The predicted octanol–water partition coefficient (Wildman–Crippen LogP) is 1.83. The SMILES string of the molecule is N#CC(NCc1cccnc1)c1cccnc1. The number of hydrogen-bond donors (Lipinski definition) is 1. The first-order valence-electron chi connectivity index (χ1n) is 5.32. The maximum atomic E-state index is 9.10. The van der Waals surface area contributed by atoms with Crippen LogP contribution in [0.2, 0.25) is 0 Å². The lowest BCUT2D eigenvalue weighted by Gasteiger charge is -2.10. The van der Waals surface area contributed by atoms with Crippen molar-refractivity contribution in [2.24, 2.45) is 0 Å². The van der Waals surface area contributed by atoms with E-state index in [4.69, 9.17) is 5.26 Å². The fraction of sp³-hybridized carbons (Fsp3) is 0.154. The minimum atomic E-state index is -0.344. The van der Waals surface area contributed by atoms with Gasteiger partial charge in [0.2, 0.25) is 0 Å². The third kappa shape index (κ3) is 3.10. The molecule has 0 aliphatic heterocycles. The molecule has 84 valence electrons. The van der Waals surface area contributed by atoms with Gasteiger partial charge in [-0.15, -0.1) is 0 Å². The van der Waals surface area contributed by atoms with Gasteiger partial charge in [0.15, 0.2) is 0 Å². The van der Waals surface area contributed by atoms with Crippen molar-refractivity contribution in [2.75, 3.05) is 0 Å². The molecular formula is C13H12N4. The van der Waals surface area contributed by atoms with Crippen molar-refractivity contribution < 1.29 is 0 Å². The highest BCUT2D eigenvalue weighted by Crippen LogP contribution is 2.10. The van der Waals surface area contributed by atoms with Crippen LogP contribution in [0, 0.1) is 11.3 Å². The van der Waals surface area contributed by atoms with E-state index in [9.17, 15) is 0 Å². The molecule has 1 unspecified atom stereocenters. The van der Waals surface area contributed by atoms with Gasteiger partial charge in [-0.25, -0.2) is 0 Å². The second-order valence-electron chi connectivity index (χ2n) is 3.59. The first kappa shape index (κ1) is 11.2. The van der Waals surface area contributed by atoms with E-state index in [0.717, 1.165) is 11.1 Å². The van der Waals surface area contributed by atoms with Crippen molar-refractivity contribution in [3.05, 3.63) is 60.2 Å². The molecule has 2 aromatic heterocycles. The lowest BCUT2D eigenvalue weighted by atomic mass is 10.1. The van der Waals surface area contributed by atoms with Gasteiger partial charge in [0.1, 0.15) is 6.04 Å². The molecule has 0 aliphatic rings. The zero-order valence-electron chi connectivity index (χ0n) is 9.24. The quantitative estimate of drug-likeness (QED) is 0.860. The Balaban J connectivity index is 2.01. The Labute approximate surface area is 100.0 Å². The van der Waals surface area contributed by atoms with Crippen molar-refractivity contribution in [2.45, 2.75) is 12.6 Å². The summed E-state index contributed by atoms with van der Waals surface area (Å²) in [6.45, 7) is 0.612. The highest BCUT2D eigenvalue weighted by Gasteiger charge is 2.09. The smallest absolute Gasteiger partial charge is 0.123 e. The highest BCUT2D eigenvalue weighted by atomic mass is 14.9. The van der Waals surface area contributed by atoms with Crippen LogP contribution in [0.5, 0.6) is 0 Å². The number of nitrogens with one attached hydrogen (secondary N) is 1. The van der Waals surface area contributed by atoms with Gasteiger partial charge in [-0.3, -0.25) is 15.3 Å². The maximum absolute atomic E-state index is 9.10. The summed E-state index contributed by atoms with van der Waals surface area (Å²) in [6, 6.07) is 9.43. The first-order chi connectivity index (χ1) is 8.40. The van der Waals surface area contributed by atoms with Gasteiger partial charge in [-0.1, -0.05) is 12.1 Å². The van der Waals surface area contributed by atoms with Crippen LogP contribution in [0.15, 0.2) is 49.1 Å². The molecule has 2 aromatic rings. The molecular weight excluding hydrogens is 212 g/mol. The van der Waals surface area contributed by atoms with E-state index in [2.05, 4.69) is 21.4 Å². The van der Waals surface area contributed by atoms with E-state index in [0.29, 0.717) is 6.54 Å². The molecule has 0 saturated heterocycles. The molecule has 0 bridgehead atoms. The van der Waals surface area contributed by atoms with Gasteiger partial charge in [0.05, 0.1) is 6.07 Å². The summed E-state index contributed by atoms with van der Waals surface area (Å²) in [7, 11) is 0. The lowest BCUT2D eigenvalue weighted by Crippen LogP contribution is -2.19. The normalized spacial score (nSPS) is 11.7. The Bertz CT molecular complexity index is 490. The van der Waals surface area contributed by atoms with Gasteiger partial charge in [-0.05, 0) is 17.7 Å². The van der Waals surface area contributed by atoms with Crippen LogP contribution in [0.25, 0.3) is 0 Å². The lowest BCUT2D eigenvalue weighted by molar-refractivity contribution is 0.627. The van der Waals surface area contributed by atoms with Crippen LogP contribution >= 0.6 is 0 Å². The van der Waals surface area contributed by atoms with Crippen LogP contribution in [0.4, 0.5) is 0 Å². The number of aromatic nitrogens is 2. The number of pyridine rings is 2. The average molecular weight is 224 g/mol. The summed E-state index contributed by atoms with van der Waals surface area (Å²) >= 11 is 0. The molecule has 4 heteroatoms. The fourth-order valence-corrected chi connectivity index (χ4v) is 1.51. The van der Waals surface area contributed by atoms with E-state index in [-0.39, 0.29) is 6.04 Å². The van der Waals surface area contributed by atoms with Crippen molar-refractivity contribution in [3.8, 4) is 6.07 Å². The fourth-order valence-electron chi connectivity index (χ4n) is 1.51. The molecule has 0 amide bonds. The molecule has 17 heavy (non-hydrogen) atoms. The Hall–Kier alpha value is -2.25. The topological polar surface area (TPSA) is 61.6 Å². The van der Waals surface area contributed by atoms with Crippen molar-refractivity contribution in [1.82, 2.24) is 15.3 Å².